The normalized spacial score (nSPS) is 18.0. The molecule has 0 N–H and O–H groups in total. The average molecular weight is 313 g/mol. The summed E-state index contributed by atoms with van der Waals surface area (Å²) in [6.07, 6.45) is 7.09. The molecule has 1 aromatic carbocycles. The van der Waals surface area contributed by atoms with E-state index < -0.39 is 0 Å². The molecule has 0 spiro atoms. The molecule has 1 heterocycles. The molecule has 0 unspecified atom stereocenters. The van der Waals surface area contributed by atoms with E-state index in [2.05, 4.69) is 4.98 Å². The van der Waals surface area contributed by atoms with Crippen LogP contribution in [0.1, 0.15) is 44.1 Å². The van der Waals surface area contributed by atoms with Gasteiger partial charge in [-0.2, -0.15) is 0 Å². The molecule has 4 heteroatoms. The van der Waals surface area contributed by atoms with Gasteiger partial charge in [-0.15, -0.1) is 0 Å². The molecule has 0 atom stereocenters. The van der Waals surface area contributed by atoms with Crippen LogP contribution in [0.4, 0.5) is 4.39 Å². The summed E-state index contributed by atoms with van der Waals surface area (Å²) in [7, 11) is 0. The molecule has 1 saturated carbocycles. The maximum Gasteiger partial charge on any atom is 0.330 e. The molecule has 1 aliphatic rings. The number of halogens is 1. The van der Waals surface area contributed by atoms with E-state index in [4.69, 9.17) is 4.74 Å². The van der Waals surface area contributed by atoms with Crippen LogP contribution < -0.4 is 0 Å². The summed E-state index contributed by atoms with van der Waals surface area (Å²) < 4.78 is 18.5. The minimum Gasteiger partial charge on any atom is -0.463 e. The van der Waals surface area contributed by atoms with Crippen molar-refractivity contribution < 1.29 is 13.9 Å². The van der Waals surface area contributed by atoms with Crippen LogP contribution in [0.5, 0.6) is 0 Å². The number of carbonyl (C=O) groups excluding carboxylic acids is 1. The Morgan fingerprint density at radius 2 is 2.13 bits per heavy atom. The van der Waals surface area contributed by atoms with Gasteiger partial charge in [0.05, 0.1) is 12.1 Å². The number of fused-ring (bicyclic) bond motifs is 1. The maximum atomic E-state index is 13.6. The summed E-state index contributed by atoms with van der Waals surface area (Å²) in [6.45, 7) is 2.21. The van der Waals surface area contributed by atoms with Crippen molar-refractivity contribution in [2.45, 2.75) is 38.5 Å². The number of esters is 1. The first-order chi connectivity index (χ1) is 11.2. The Morgan fingerprint density at radius 1 is 1.35 bits per heavy atom. The lowest BCUT2D eigenvalue weighted by Crippen LogP contribution is -2.09. The van der Waals surface area contributed by atoms with E-state index in [0.717, 1.165) is 47.7 Å². The van der Waals surface area contributed by atoms with Crippen LogP contribution in [-0.2, 0) is 9.53 Å². The smallest absolute Gasteiger partial charge is 0.330 e. The number of nitrogens with zero attached hydrogens (tertiary/aromatic N) is 1. The first-order valence-corrected chi connectivity index (χ1v) is 8.07. The Hall–Kier alpha value is -2.23. The largest absolute Gasteiger partial charge is 0.463 e. The second-order valence-electron chi connectivity index (χ2n) is 5.89. The topological polar surface area (TPSA) is 39.2 Å². The predicted molar refractivity (Wildman–Crippen MR) is 87.6 cm³/mol. The van der Waals surface area contributed by atoms with Gasteiger partial charge in [0.25, 0.3) is 0 Å². The molecule has 0 aliphatic heterocycles. The van der Waals surface area contributed by atoms with Crippen molar-refractivity contribution >= 4 is 16.9 Å². The molecule has 2 aromatic rings. The van der Waals surface area contributed by atoms with Crippen molar-refractivity contribution in [2.75, 3.05) is 6.61 Å². The number of pyridine rings is 1. The van der Waals surface area contributed by atoms with E-state index in [1.807, 2.05) is 6.07 Å². The standard InChI is InChI=1S/C19H20FNO2/c1-2-23-19(22)11-13-3-5-14(6-4-13)16-9-10-21-18-8-7-15(20)12-17(16)18/h7-12,14H,2-6H2,1H3. The molecule has 120 valence electrons. The first-order valence-electron chi connectivity index (χ1n) is 8.07. The summed E-state index contributed by atoms with van der Waals surface area (Å²) in [5.41, 5.74) is 3.13. The third-order valence-electron chi connectivity index (χ3n) is 4.41. The quantitative estimate of drug-likeness (QED) is 0.618. The number of allylic oxidation sites excluding steroid dienone is 1. The van der Waals surface area contributed by atoms with Gasteiger partial charge in [0.15, 0.2) is 0 Å². The zero-order chi connectivity index (χ0) is 16.2. The van der Waals surface area contributed by atoms with E-state index in [-0.39, 0.29) is 11.8 Å². The van der Waals surface area contributed by atoms with Crippen molar-refractivity contribution in [3.8, 4) is 0 Å². The third-order valence-corrected chi connectivity index (χ3v) is 4.41. The van der Waals surface area contributed by atoms with Crippen LogP contribution in [0.25, 0.3) is 10.9 Å². The summed E-state index contributed by atoms with van der Waals surface area (Å²) in [5, 5.41) is 0.898. The molecule has 1 aliphatic carbocycles. The van der Waals surface area contributed by atoms with Gasteiger partial charge in [-0.05, 0) is 68.4 Å². The highest BCUT2D eigenvalue weighted by Gasteiger charge is 2.21. The fourth-order valence-corrected chi connectivity index (χ4v) is 3.29. The van der Waals surface area contributed by atoms with Gasteiger partial charge in [0.1, 0.15) is 5.82 Å². The Morgan fingerprint density at radius 3 is 2.87 bits per heavy atom. The van der Waals surface area contributed by atoms with Gasteiger partial charge < -0.3 is 4.74 Å². The monoisotopic (exact) mass is 313 g/mol. The second kappa shape index (κ2) is 6.90. The van der Waals surface area contributed by atoms with Gasteiger partial charge in [-0.3, -0.25) is 4.98 Å². The highest BCUT2D eigenvalue weighted by molar-refractivity contribution is 5.83. The summed E-state index contributed by atoms with van der Waals surface area (Å²) >= 11 is 0. The SMILES string of the molecule is CCOC(=O)C=C1CCC(c2ccnc3ccc(F)cc23)CC1. The molecule has 0 saturated heterocycles. The lowest BCUT2D eigenvalue weighted by molar-refractivity contribution is -0.137. The Balaban J connectivity index is 1.78. The number of aromatic nitrogens is 1. The Kier molecular flexibility index (Phi) is 4.70. The van der Waals surface area contributed by atoms with Crippen LogP contribution in [0.15, 0.2) is 42.1 Å². The molecule has 1 fully saturated rings. The molecule has 3 nitrogen and oxygen atoms in total. The van der Waals surface area contributed by atoms with E-state index in [1.54, 1.807) is 31.3 Å². The zero-order valence-corrected chi connectivity index (χ0v) is 13.2. The van der Waals surface area contributed by atoms with Crippen molar-refractivity contribution in [3.63, 3.8) is 0 Å². The maximum absolute atomic E-state index is 13.6. The summed E-state index contributed by atoms with van der Waals surface area (Å²) in [6, 6.07) is 6.73. The fraction of sp³-hybridized carbons (Fsp3) is 0.368. The molecular formula is C19H20FNO2. The molecule has 0 bridgehead atoms. The van der Waals surface area contributed by atoms with E-state index >= 15 is 0 Å². The van der Waals surface area contributed by atoms with Gasteiger partial charge in [-0.1, -0.05) is 5.57 Å². The summed E-state index contributed by atoms with van der Waals surface area (Å²) in [4.78, 5) is 15.8. The number of benzene rings is 1. The van der Waals surface area contributed by atoms with Crippen LogP contribution >= 0.6 is 0 Å². The van der Waals surface area contributed by atoms with E-state index in [1.165, 1.54) is 6.07 Å². The highest BCUT2D eigenvalue weighted by atomic mass is 19.1. The number of hydrogen-bond donors (Lipinski definition) is 0. The van der Waals surface area contributed by atoms with Gasteiger partial charge in [0, 0.05) is 17.7 Å². The van der Waals surface area contributed by atoms with E-state index in [0.29, 0.717) is 12.5 Å². The third kappa shape index (κ3) is 3.58. The van der Waals surface area contributed by atoms with E-state index in [9.17, 15) is 9.18 Å². The van der Waals surface area contributed by atoms with Crippen LogP contribution in [-0.4, -0.2) is 17.6 Å². The molecular weight excluding hydrogens is 293 g/mol. The van der Waals surface area contributed by atoms with Crippen molar-refractivity contribution in [3.05, 3.63) is 53.5 Å². The number of rotatable bonds is 3. The minimum absolute atomic E-state index is 0.231. The minimum atomic E-state index is -0.252. The number of carbonyl (C=O) groups is 1. The molecule has 23 heavy (non-hydrogen) atoms. The lowest BCUT2D eigenvalue weighted by atomic mass is 9.80. The number of ether oxygens (including phenoxy) is 1. The fourth-order valence-electron chi connectivity index (χ4n) is 3.29. The van der Waals surface area contributed by atoms with Crippen molar-refractivity contribution in [1.82, 2.24) is 4.98 Å². The van der Waals surface area contributed by atoms with Crippen molar-refractivity contribution in [1.29, 1.82) is 0 Å². The number of hydrogen-bond acceptors (Lipinski definition) is 3. The molecule has 1 aromatic heterocycles. The predicted octanol–water partition coefficient (Wildman–Crippen LogP) is 4.52. The van der Waals surface area contributed by atoms with Crippen LogP contribution in [0, 0.1) is 5.82 Å². The highest BCUT2D eigenvalue weighted by Crippen LogP contribution is 2.38. The van der Waals surface area contributed by atoms with Crippen molar-refractivity contribution in [2.24, 2.45) is 0 Å². The molecule has 0 amide bonds. The molecule has 3 rings (SSSR count). The first kappa shape index (κ1) is 15.7. The van der Waals surface area contributed by atoms with Crippen LogP contribution in [0.2, 0.25) is 0 Å². The van der Waals surface area contributed by atoms with Crippen LogP contribution in [0.3, 0.4) is 0 Å². The lowest BCUT2D eigenvalue weighted by Gasteiger charge is -2.25. The zero-order valence-electron chi connectivity index (χ0n) is 13.2. The Bertz CT molecular complexity index is 744. The second-order valence-corrected chi connectivity index (χ2v) is 5.89. The van der Waals surface area contributed by atoms with Gasteiger partial charge in [0.2, 0.25) is 0 Å². The average Bonchev–Trinajstić information content (AvgIpc) is 2.55. The summed E-state index contributed by atoms with van der Waals surface area (Å²) in [5.74, 6) is -0.107. The van der Waals surface area contributed by atoms with Gasteiger partial charge >= 0.3 is 5.97 Å². The molecule has 0 radical (unpaired) electrons. The Labute approximate surface area is 135 Å². The van der Waals surface area contributed by atoms with Gasteiger partial charge in [-0.25, -0.2) is 9.18 Å².